The van der Waals surface area contributed by atoms with Crippen molar-refractivity contribution in [1.29, 1.82) is 0 Å². The van der Waals surface area contributed by atoms with Crippen LogP contribution < -0.4 is 0 Å². The normalized spacial score (nSPS) is 16.5. The van der Waals surface area contributed by atoms with Crippen molar-refractivity contribution in [3.8, 4) is 0 Å². The molecule has 189 valence electrons. The number of hydrogen-bond acceptors (Lipinski definition) is 4. The summed E-state index contributed by atoms with van der Waals surface area (Å²) in [6.45, 7) is 3.68. The second-order valence-corrected chi connectivity index (χ2v) is 8.96. The average Bonchev–Trinajstić information content (AvgIpc) is 2.91. The van der Waals surface area contributed by atoms with Gasteiger partial charge in [0.2, 0.25) is 0 Å². The van der Waals surface area contributed by atoms with Crippen molar-refractivity contribution in [1.82, 2.24) is 9.80 Å². The molecule has 4 rings (SSSR count). The van der Waals surface area contributed by atoms with Crippen LogP contribution in [0, 0.1) is 0 Å². The van der Waals surface area contributed by atoms with Crippen molar-refractivity contribution in [2.24, 2.45) is 9.98 Å². The molecular weight excluding hydrogens is 528 g/mol. The van der Waals surface area contributed by atoms with Gasteiger partial charge >= 0.3 is 17.1 Å². The molecule has 2 fully saturated rings. The van der Waals surface area contributed by atoms with Gasteiger partial charge in [-0.15, -0.1) is 0 Å². The predicted molar refractivity (Wildman–Crippen MR) is 142 cm³/mol. The third-order valence-corrected chi connectivity index (χ3v) is 6.39. The fourth-order valence-electron chi connectivity index (χ4n) is 3.78. The van der Waals surface area contributed by atoms with E-state index in [4.69, 9.17) is 25.3 Å². The monoisotopic (exact) mass is 557 g/mol. The Balaban J connectivity index is 0.000000240. The zero-order valence-corrected chi connectivity index (χ0v) is 22.1. The van der Waals surface area contributed by atoms with Gasteiger partial charge in [0.05, 0.1) is 0 Å². The molecule has 2 aromatic carbocycles. The SMILES string of the molecule is O=C(N=C([S-])N1CCCCC1)c1ccccc1.O=C(N=C([S-])N1CCCCC1)c1ccccc1.[Cu+2]. The third-order valence-electron chi connectivity index (χ3n) is 5.69. The summed E-state index contributed by atoms with van der Waals surface area (Å²) >= 11 is 10.4. The average molecular weight is 558 g/mol. The molecule has 2 heterocycles. The van der Waals surface area contributed by atoms with Crippen molar-refractivity contribution >= 4 is 47.4 Å². The predicted octanol–water partition coefficient (Wildman–Crippen LogP) is 4.43. The van der Waals surface area contributed by atoms with Crippen LogP contribution in [0.4, 0.5) is 0 Å². The van der Waals surface area contributed by atoms with Crippen LogP contribution in [0.25, 0.3) is 0 Å². The van der Waals surface area contributed by atoms with Gasteiger partial charge in [0.15, 0.2) is 0 Å². The van der Waals surface area contributed by atoms with E-state index < -0.39 is 0 Å². The molecule has 0 saturated carbocycles. The number of carbonyl (C=O) groups excluding carboxylic acids is 2. The Morgan fingerprint density at radius 3 is 1.20 bits per heavy atom. The van der Waals surface area contributed by atoms with Crippen molar-refractivity contribution < 1.29 is 26.7 Å². The van der Waals surface area contributed by atoms with Crippen LogP contribution in [0.2, 0.25) is 0 Å². The van der Waals surface area contributed by atoms with Crippen LogP contribution in [0.3, 0.4) is 0 Å². The molecule has 2 aliphatic heterocycles. The van der Waals surface area contributed by atoms with Gasteiger partial charge in [0.25, 0.3) is 11.8 Å². The standard InChI is InChI=1S/2C13H16N2OS.Cu/c2*16-12(11-7-3-1-4-8-11)14-13(17)15-9-5-2-6-10-15;/h2*1,3-4,7-8H,2,5-6,9-10H2,(H,14,16,17);/q;;+2/p-2. The molecule has 9 heteroatoms. The molecule has 2 aliphatic rings. The van der Waals surface area contributed by atoms with Crippen LogP contribution in [0.15, 0.2) is 70.6 Å². The largest absolute Gasteiger partial charge is 2.00 e. The first kappa shape index (κ1) is 28.9. The molecule has 0 aromatic heterocycles. The van der Waals surface area contributed by atoms with Gasteiger partial charge in [0, 0.05) is 37.3 Å². The third kappa shape index (κ3) is 9.68. The number of amidine groups is 2. The van der Waals surface area contributed by atoms with E-state index >= 15 is 0 Å². The fourth-order valence-corrected chi connectivity index (χ4v) is 4.31. The van der Waals surface area contributed by atoms with E-state index in [1.54, 1.807) is 24.3 Å². The van der Waals surface area contributed by atoms with E-state index in [0.29, 0.717) is 21.5 Å². The maximum atomic E-state index is 11.8. The molecule has 0 atom stereocenters. The fraction of sp³-hybridized carbons (Fsp3) is 0.385. The maximum Gasteiger partial charge on any atom is 2.00 e. The van der Waals surface area contributed by atoms with Crippen molar-refractivity contribution in [3.63, 3.8) is 0 Å². The number of amides is 2. The summed E-state index contributed by atoms with van der Waals surface area (Å²) in [5.74, 6) is -0.498. The van der Waals surface area contributed by atoms with E-state index in [9.17, 15) is 9.59 Å². The van der Waals surface area contributed by atoms with Crippen LogP contribution in [-0.2, 0) is 42.3 Å². The van der Waals surface area contributed by atoms with Gasteiger partial charge in [-0.2, -0.15) is 0 Å². The molecule has 2 saturated heterocycles. The Hall–Kier alpha value is -2.32. The number of rotatable bonds is 2. The van der Waals surface area contributed by atoms with Gasteiger partial charge in [-0.1, -0.05) is 36.4 Å². The van der Waals surface area contributed by atoms with E-state index in [2.05, 4.69) is 9.98 Å². The molecule has 0 unspecified atom stereocenters. The molecule has 2 aromatic rings. The van der Waals surface area contributed by atoms with Gasteiger partial charge < -0.3 is 35.1 Å². The Labute approximate surface area is 229 Å². The summed E-state index contributed by atoms with van der Waals surface area (Å²) in [5, 5.41) is 0.858. The van der Waals surface area contributed by atoms with Crippen molar-refractivity contribution in [2.75, 3.05) is 26.2 Å². The van der Waals surface area contributed by atoms with E-state index in [1.165, 1.54) is 12.8 Å². The smallest absolute Gasteiger partial charge is 0.742 e. The summed E-state index contributed by atoms with van der Waals surface area (Å²) in [4.78, 5) is 35.6. The maximum absolute atomic E-state index is 11.8. The molecule has 35 heavy (non-hydrogen) atoms. The van der Waals surface area contributed by atoms with Gasteiger partial charge in [-0.3, -0.25) is 9.59 Å². The molecule has 0 bridgehead atoms. The summed E-state index contributed by atoms with van der Waals surface area (Å²) < 4.78 is 0. The van der Waals surface area contributed by atoms with Crippen molar-refractivity contribution in [2.45, 2.75) is 38.5 Å². The first-order valence-corrected chi connectivity index (χ1v) is 12.6. The second-order valence-electron chi connectivity index (χ2n) is 8.23. The molecule has 0 N–H and O–H groups in total. The van der Waals surface area contributed by atoms with E-state index in [-0.39, 0.29) is 28.9 Å². The zero-order chi connectivity index (χ0) is 24.2. The van der Waals surface area contributed by atoms with Crippen LogP contribution in [-0.4, -0.2) is 58.1 Å². The molecule has 1 radical (unpaired) electrons. The van der Waals surface area contributed by atoms with E-state index in [1.807, 2.05) is 46.2 Å². The molecule has 0 spiro atoms. The number of benzene rings is 2. The number of aliphatic imine (C=N–C) groups is 2. The van der Waals surface area contributed by atoms with Crippen molar-refractivity contribution in [3.05, 3.63) is 71.8 Å². The minimum absolute atomic E-state index is 0. The Morgan fingerprint density at radius 2 is 0.886 bits per heavy atom. The minimum atomic E-state index is -0.249. The molecule has 2 amide bonds. The quantitative estimate of drug-likeness (QED) is 0.236. The van der Waals surface area contributed by atoms with Gasteiger partial charge in [-0.05, 0) is 73.1 Å². The zero-order valence-electron chi connectivity index (χ0n) is 19.6. The first-order chi connectivity index (χ1) is 16.5. The van der Waals surface area contributed by atoms with Crippen LogP contribution in [0.5, 0.6) is 0 Å². The number of nitrogens with zero attached hydrogens (tertiary/aromatic N) is 4. The summed E-state index contributed by atoms with van der Waals surface area (Å²) in [7, 11) is 0. The van der Waals surface area contributed by atoms with Crippen LogP contribution in [0.1, 0.15) is 59.2 Å². The minimum Gasteiger partial charge on any atom is -0.742 e. The number of piperidine rings is 2. The summed E-state index contributed by atoms with van der Waals surface area (Å²) in [5.41, 5.74) is 1.18. The van der Waals surface area contributed by atoms with Crippen LogP contribution >= 0.6 is 0 Å². The summed E-state index contributed by atoms with van der Waals surface area (Å²) in [6.07, 6.45) is 7.02. The first-order valence-electron chi connectivity index (χ1n) is 11.7. The second kappa shape index (κ2) is 15.6. The van der Waals surface area contributed by atoms with Gasteiger partial charge in [0.1, 0.15) is 0 Å². The number of hydrogen-bond donors (Lipinski definition) is 0. The van der Waals surface area contributed by atoms with Gasteiger partial charge in [-0.25, -0.2) is 9.98 Å². The molecular formula is C26H30CuN4O2S2. The number of likely N-dealkylation sites (tertiary alicyclic amines) is 2. The molecule has 0 aliphatic carbocycles. The summed E-state index contributed by atoms with van der Waals surface area (Å²) in [6, 6.07) is 18.1. The number of carbonyl (C=O) groups is 2. The van der Waals surface area contributed by atoms with E-state index in [0.717, 1.165) is 51.9 Å². The molecule has 6 nitrogen and oxygen atoms in total. The topological polar surface area (TPSA) is 65.3 Å². The Morgan fingerprint density at radius 1 is 0.571 bits per heavy atom. The Bertz CT molecular complexity index is 909. The Kier molecular flexibility index (Phi) is 12.9.